The summed E-state index contributed by atoms with van der Waals surface area (Å²) >= 11 is 1.34. The quantitative estimate of drug-likeness (QED) is 0.607. The first-order valence-electron chi connectivity index (χ1n) is 9.12. The van der Waals surface area contributed by atoms with Crippen molar-refractivity contribution < 1.29 is 14.3 Å². The number of methoxy groups -OCH3 is 1. The van der Waals surface area contributed by atoms with Crippen molar-refractivity contribution >= 4 is 34.5 Å². The number of amides is 2. The van der Waals surface area contributed by atoms with Crippen LogP contribution in [0.4, 0.5) is 0 Å². The van der Waals surface area contributed by atoms with Crippen LogP contribution < -0.4 is 10.1 Å². The lowest BCUT2D eigenvalue weighted by Gasteiger charge is -2.12. The average Bonchev–Trinajstić information content (AvgIpc) is 2.75. The molecule has 3 rings (SSSR count). The number of fused-ring (bicyclic) bond motifs is 1. The molecule has 0 aliphatic carbocycles. The monoisotopic (exact) mass is 409 g/mol. The maximum Gasteiger partial charge on any atom is 0.241 e. The first kappa shape index (κ1) is 20.7. The third-order valence-electron chi connectivity index (χ3n) is 4.37. The Kier molecular flexibility index (Phi) is 6.72. The summed E-state index contributed by atoms with van der Waals surface area (Å²) in [6.45, 7) is -0.00991. The van der Waals surface area contributed by atoms with E-state index in [0.29, 0.717) is 0 Å². The van der Waals surface area contributed by atoms with Crippen molar-refractivity contribution in [3.8, 4) is 16.9 Å². The molecule has 1 aromatic heterocycles. The van der Waals surface area contributed by atoms with E-state index in [9.17, 15) is 9.59 Å². The van der Waals surface area contributed by atoms with Gasteiger partial charge in [0, 0.05) is 25.5 Å². The molecular weight excluding hydrogens is 386 g/mol. The number of nitrogens with zero attached hydrogens (tertiary/aromatic N) is 2. The van der Waals surface area contributed by atoms with Crippen LogP contribution in [0.3, 0.4) is 0 Å². The van der Waals surface area contributed by atoms with Gasteiger partial charge in [-0.1, -0.05) is 42.1 Å². The van der Waals surface area contributed by atoms with Crippen LogP contribution in [0.15, 0.2) is 59.6 Å². The Hall–Kier alpha value is -3.06. The highest BCUT2D eigenvalue weighted by Crippen LogP contribution is 2.33. The Morgan fingerprint density at radius 2 is 1.86 bits per heavy atom. The molecule has 3 aromatic rings. The molecule has 0 saturated heterocycles. The van der Waals surface area contributed by atoms with E-state index in [-0.39, 0.29) is 24.1 Å². The number of hydrogen-bond donors (Lipinski definition) is 1. The van der Waals surface area contributed by atoms with E-state index in [1.807, 2.05) is 54.6 Å². The molecule has 0 radical (unpaired) electrons. The predicted octanol–water partition coefficient (Wildman–Crippen LogP) is 3.21. The number of likely N-dealkylation sites (N-methyl/N-ethyl adjacent to an activating group) is 1. The summed E-state index contributed by atoms with van der Waals surface area (Å²) in [5, 5.41) is 4.39. The predicted molar refractivity (Wildman–Crippen MR) is 116 cm³/mol. The maximum absolute atomic E-state index is 12.1. The maximum atomic E-state index is 12.1. The summed E-state index contributed by atoms with van der Waals surface area (Å²) in [4.78, 5) is 29.9. The normalized spacial score (nSPS) is 10.6. The van der Waals surface area contributed by atoms with Gasteiger partial charge in [0.2, 0.25) is 11.8 Å². The smallest absolute Gasteiger partial charge is 0.241 e. The molecule has 0 aliphatic heterocycles. The van der Waals surface area contributed by atoms with Crippen LogP contribution in [0.5, 0.6) is 5.75 Å². The summed E-state index contributed by atoms with van der Waals surface area (Å²) in [6.07, 6.45) is 0. The van der Waals surface area contributed by atoms with Gasteiger partial charge in [-0.2, -0.15) is 0 Å². The average molecular weight is 410 g/mol. The Labute approximate surface area is 174 Å². The van der Waals surface area contributed by atoms with Crippen LogP contribution in [-0.4, -0.2) is 55.2 Å². The Morgan fingerprint density at radius 1 is 1.10 bits per heavy atom. The third-order valence-corrected chi connectivity index (χ3v) is 5.28. The summed E-state index contributed by atoms with van der Waals surface area (Å²) in [5.74, 6) is 0.549. The van der Waals surface area contributed by atoms with Gasteiger partial charge in [0.05, 0.1) is 30.0 Å². The van der Waals surface area contributed by atoms with Gasteiger partial charge in [0.15, 0.2) is 0 Å². The van der Waals surface area contributed by atoms with Crippen LogP contribution in [0, 0.1) is 0 Å². The van der Waals surface area contributed by atoms with Crippen molar-refractivity contribution in [2.75, 3.05) is 33.5 Å². The van der Waals surface area contributed by atoms with Crippen molar-refractivity contribution in [3.05, 3.63) is 54.6 Å². The molecule has 1 heterocycles. The van der Waals surface area contributed by atoms with Crippen molar-refractivity contribution in [2.24, 2.45) is 0 Å². The molecule has 7 heteroatoms. The number of ether oxygens (including phenoxy) is 1. The van der Waals surface area contributed by atoms with Gasteiger partial charge in [0.1, 0.15) is 5.75 Å². The summed E-state index contributed by atoms with van der Waals surface area (Å²) in [7, 11) is 4.93. The number of carbonyl (C=O) groups is 2. The second kappa shape index (κ2) is 9.43. The number of nitrogens with one attached hydrogen (secondary N) is 1. The Balaban J connectivity index is 1.84. The zero-order chi connectivity index (χ0) is 20.8. The van der Waals surface area contributed by atoms with Crippen molar-refractivity contribution in [3.63, 3.8) is 0 Å². The SMILES string of the molecule is COc1ccc2c(-c3ccccc3)cc(SCC(=O)NCC(=O)N(C)C)nc2c1. The molecule has 0 aliphatic rings. The van der Waals surface area contributed by atoms with Crippen molar-refractivity contribution in [1.82, 2.24) is 15.2 Å². The molecule has 0 bridgehead atoms. The Morgan fingerprint density at radius 3 is 2.55 bits per heavy atom. The van der Waals surface area contributed by atoms with E-state index in [4.69, 9.17) is 9.72 Å². The molecule has 2 amide bonds. The minimum Gasteiger partial charge on any atom is -0.497 e. The number of pyridine rings is 1. The molecule has 29 heavy (non-hydrogen) atoms. The highest BCUT2D eigenvalue weighted by atomic mass is 32.2. The molecule has 0 spiro atoms. The molecule has 0 saturated carbocycles. The molecule has 0 atom stereocenters. The number of rotatable bonds is 7. The fourth-order valence-corrected chi connectivity index (χ4v) is 3.51. The standard InChI is InChI=1S/C22H23N3O3S/c1-25(2)22(27)13-23-20(26)14-29-21-12-18(15-7-5-4-6-8-15)17-10-9-16(28-3)11-19(17)24-21/h4-12H,13-14H2,1-3H3,(H,23,26). The zero-order valence-corrected chi connectivity index (χ0v) is 17.5. The van der Waals surface area contributed by atoms with Crippen LogP contribution in [-0.2, 0) is 9.59 Å². The number of hydrogen-bond acceptors (Lipinski definition) is 5. The van der Waals surface area contributed by atoms with E-state index in [1.54, 1.807) is 21.2 Å². The van der Waals surface area contributed by atoms with Crippen LogP contribution in [0.2, 0.25) is 0 Å². The molecule has 1 N–H and O–H groups in total. The zero-order valence-electron chi connectivity index (χ0n) is 16.6. The Bertz CT molecular complexity index is 1020. The number of benzene rings is 2. The van der Waals surface area contributed by atoms with Gasteiger partial charge in [-0.3, -0.25) is 9.59 Å². The van der Waals surface area contributed by atoms with Gasteiger partial charge in [0.25, 0.3) is 0 Å². The molecule has 2 aromatic carbocycles. The number of thioether (sulfide) groups is 1. The number of aromatic nitrogens is 1. The van der Waals surface area contributed by atoms with Gasteiger partial charge < -0.3 is 15.0 Å². The molecular formula is C22H23N3O3S. The second-order valence-corrected chi connectivity index (χ2v) is 7.61. The largest absolute Gasteiger partial charge is 0.497 e. The fourth-order valence-electron chi connectivity index (χ4n) is 2.76. The summed E-state index contributed by atoms with van der Waals surface area (Å²) in [5.41, 5.74) is 2.92. The first-order valence-corrected chi connectivity index (χ1v) is 10.1. The fraction of sp³-hybridized carbons (Fsp3) is 0.227. The highest BCUT2D eigenvalue weighted by Gasteiger charge is 2.12. The number of carbonyl (C=O) groups excluding carboxylic acids is 2. The topological polar surface area (TPSA) is 71.5 Å². The van der Waals surface area contributed by atoms with Gasteiger partial charge in [-0.25, -0.2) is 4.98 Å². The van der Waals surface area contributed by atoms with Crippen LogP contribution in [0.25, 0.3) is 22.0 Å². The highest BCUT2D eigenvalue weighted by molar-refractivity contribution is 7.99. The second-order valence-electron chi connectivity index (χ2n) is 6.61. The van der Waals surface area contributed by atoms with E-state index < -0.39 is 0 Å². The van der Waals surface area contributed by atoms with Crippen LogP contribution in [0.1, 0.15) is 0 Å². The lowest BCUT2D eigenvalue weighted by Crippen LogP contribution is -2.36. The molecule has 0 fully saturated rings. The van der Waals surface area contributed by atoms with E-state index in [2.05, 4.69) is 5.32 Å². The lowest BCUT2D eigenvalue weighted by molar-refractivity contribution is -0.130. The summed E-state index contributed by atoms with van der Waals surface area (Å²) < 4.78 is 5.33. The van der Waals surface area contributed by atoms with Gasteiger partial charge in [-0.05, 0) is 29.3 Å². The molecule has 0 unspecified atom stereocenters. The lowest BCUT2D eigenvalue weighted by atomic mass is 10.0. The van der Waals surface area contributed by atoms with E-state index in [1.165, 1.54) is 16.7 Å². The van der Waals surface area contributed by atoms with Crippen LogP contribution >= 0.6 is 11.8 Å². The van der Waals surface area contributed by atoms with Gasteiger partial charge >= 0.3 is 0 Å². The van der Waals surface area contributed by atoms with E-state index >= 15 is 0 Å². The minimum absolute atomic E-state index is 0.00991. The van der Waals surface area contributed by atoms with Gasteiger partial charge in [-0.15, -0.1) is 0 Å². The van der Waals surface area contributed by atoms with E-state index in [0.717, 1.165) is 32.8 Å². The summed E-state index contributed by atoms with van der Waals surface area (Å²) in [6, 6.07) is 17.9. The van der Waals surface area contributed by atoms with Crippen molar-refractivity contribution in [1.29, 1.82) is 0 Å². The first-order chi connectivity index (χ1) is 14.0. The molecule has 150 valence electrons. The van der Waals surface area contributed by atoms with Crippen molar-refractivity contribution in [2.45, 2.75) is 5.03 Å². The minimum atomic E-state index is -0.209. The third kappa shape index (κ3) is 5.26. The molecule has 6 nitrogen and oxygen atoms in total.